The molecule has 1 saturated heterocycles. The van der Waals surface area contributed by atoms with Gasteiger partial charge in [0.05, 0.1) is 5.69 Å². The summed E-state index contributed by atoms with van der Waals surface area (Å²) in [5, 5.41) is 3.05. The fraction of sp³-hybridized carbons (Fsp3) is 0.368. The van der Waals surface area contributed by atoms with Crippen LogP contribution in [0.1, 0.15) is 12.8 Å². The first-order chi connectivity index (χ1) is 13.2. The Bertz CT molecular complexity index is 821. The van der Waals surface area contributed by atoms with Crippen LogP contribution in [0.15, 0.2) is 42.7 Å². The number of carbonyl (C=O) groups is 2. The highest BCUT2D eigenvalue weighted by molar-refractivity contribution is 6.02. The van der Waals surface area contributed by atoms with E-state index >= 15 is 0 Å². The first kappa shape index (κ1) is 17.3. The van der Waals surface area contributed by atoms with Gasteiger partial charge < -0.3 is 15.0 Å². The number of benzene rings is 1. The summed E-state index contributed by atoms with van der Waals surface area (Å²) in [4.78, 5) is 36.8. The molecule has 0 radical (unpaired) electrons. The van der Waals surface area contributed by atoms with E-state index in [1.165, 1.54) is 4.90 Å². The maximum absolute atomic E-state index is 12.5. The summed E-state index contributed by atoms with van der Waals surface area (Å²) in [5.74, 6) is 0.980. The Morgan fingerprint density at radius 1 is 1.15 bits per heavy atom. The van der Waals surface area contributed by atoms with Crippen molar-refractivity contribution in [2.45, 2.75) is 18.9 Å². The van der Waals surface area contributed by atoms with Gasteiger partial charge in [0.15, 0.2) is 6.61 Å². The van der Waals surface area contributed by atoms with Crippen LogP contribution in [0.2, 0.25) is 0 Å². The van der Waals surface area contributed by atoms with Gasteiger partial charge >= 0.3 is 0 Å². The number of para-hydroxylation sites is 2. The van der Waals surface area contributed by atoms with Gasteiger partial charge in [-0.3, -0.25) is 14.5 Å². The normalized spacial score (nSPS) is 17.3. The van der Waals surface area contributed by atoms with E-state index in [1.807, 2.05) is 12.1 Å². The van der Waals surface area contributed by atoms with Crippen LogP contribution >= 0.6 is 0 Å². The molecule has 140 valence electrons. The lowest BCUT2D eigenvalue weighted by Crippen LogP contribution is -2.50. The lowest BCUT2D eigenvalue weighted by Gasteiger charge is -2.33. The number of carbonyl (C=O) groups excluding carboxylic acids is 2. The van der Waals surface area contributed by atoms with E-state index in [2.05, 4.69) is 20.2 Å². The van der Waals surface area contributed by atoms with E-state index in [-0.39, 0.29) is 31.0 Å². The average Bonchev–Trinajstić information content (AvgIpc) is 2.71. The van der Waals surface area contributed by atoms with Crippen molar-refractivity contribution in [2.75, 3.05) is 36.0 Å². The highest BCUT2D eigenvalue weighted by Crippen LogP contribution is 2.31. The number of ether oxygens (including phenoxy) is 1. The van der Waals surface area contributed by atoms with Crippen LogP contribution in [0, 0.1) is 0 Å². The highest BCUT2D eigenvalue weighted by Gasteiger charge is 2.28. The number of nitrogens with zero attached hydrogens (tertiary/aromatic N) is 4. The number of anilines is 2. The Kier molecular flexibility index (Phi) is 4.86. The predicted molar refractivity (Wildman–Crippen MR) is 99.7 cm³/mol. The van der Waals surface area contributed by atoms with E-state index in [0.717, 1.165) is 31.9 Å². The molecular formula is C19H21N5O3. The van der Waals surface area contributed by atoms with Crippen molar-refractivity contribution < 1.29 is 14.3 Å². The smallest absolute Gasteiger partial charge is 0.265 e. The molecule has 27 heavy (non-hydrogen) atoms. The molecule has 1 aromatic carbocycles. The largest absolute Gasteiger partial charge is 0.482 e. The van der Waals surface area contributed by atoms with E-state index in [0.29, 0.717) is 11.4 Å². The van der Waals surface area contributed by atoms with Gasteiger partial charge in [0.1, 0.15) is 12.3 Å². The van der Waals surface area contributed by atoms with Crippen LogP contribution in [0.5, 0.6) is 5.75 Å². The minimum atomic E-state index is -0.208. The molecule has 2 aromatic rings. The SMILES string of the molecule is O=C(CN1C(=O)COc2ccccc21)NC1CCN(c2ncccn2)CC1. The minimum Gasteiger partial charge on any atom is -0.482 e. The minimum absolute atomic E-state index is 0.00121. The molecule has 4 rings (SSSR count). The van der Waals surface area contributed by atoms with E-state index in [9.17, 15) is 9.59 Å². The van der Waals surface area contributed by atoms with E-state index in [4.69, 9.17) is 4.74 Å². The fourth-order valence-corrected chi connectivity index (χ4v) is 3.42. The second-order valence-electron chi connectivity index (χ2n) is 6.61. The summed E-state index contributed by atoms with van der Waals surface area (Å²) in [6, 6.07) is 9.14. The molecule has 2 amide bonds. The summed E-state index contributed by atoms with van der Waals surface area (Å²) in [6.07, 6.45) is 5.09. The van der Waals surface area contributed by atoms with Gasteiger partial charge in [-0.05, 0) is 31.0 Å². The van der Waals surface area contributed by atoms with Gasteiger partial charge in [0.2, 0.25) is 11.9 Å². The van der Waals surface area contributed by atoms with E-state index < -0.39 is 0 Å². The number of aromatic nitrogens is 2. The molecule has 1 aromatic heterocycles. The fourth-order valence-electron chi connectivity index (χ4n) is 3.42. The van der Waals surface area contributed by atoms with Gasteiger partial charge in [-0.1, -0.05) is 12.1 Å². The van der Waals surface area contributed by atoms with Crippen molar-refractivity contribution in [3.8, 4) is 5.75 Å². The number of hydrogen-bond acceptors (Lipinski definition) is 6. The van der Waals surface area contributed by atoms with Crippen LogP contribution in [0.4, 0.5) is 11.6 Å². The molecule has 3 heterocycles. The molecule has 0 aliphatic carbocycles. The third kappa shape index (κ3) is 3.84. The molecular weight excluding hydrogens is 346 g/mol. The lowest BCUT2D eigenvalue weighted by molar-refractivity contribution is -0.125. The summed E-state index contributed by atoms with van der Waals surface area (Å²) >= 11 is 0. The zero-order valence-corrected chi connectivity index (χ0v) is 14.9. The van der Waals surface area contributed by atoms with Crippen LogP contribution in [-0.2, 0) is 9.59 Å². The number of rotatable bonds is 4. The average molecular weight is 367 g/mol. The molecule has 1 N–H and O–H groups in total. The van der Waals surface area contributed by atoms with Gasteiger partial charge in [0, 0.05) is 31.5 Å². The summed E-state index contributed by atoms with van der Waals surface area (Å²) < 4.78 is 5.41. The quantitative estimate of drug-likeness (QED) is 0.867. The molecule has 0 atom stereocenters. The molecule has 0 spiro atoms. The first-order valence-electron chi connectivity index (χ1n) is 9.04. The number of amides is 2. The van der Waals surface area contributed by atoms with Crippen molar-refractivity contribution in [3.63, 3.8) is 0 Å². The summed E-state index contributed by atoms with van der Waals surface area (Å²) in [7, 11) is 0. The Hall–Kier alpha value is -3.16. The summed E-state index contributed by atoms with van der Waals surface area (Å²) in [5.41, 5.74) is 0.639. The van der Waals surface area contributed by atoms with Gasteiger partial charge in [-0.2, -0.15) is 0 Å². The lowest BCUT2D eigenvalue weighted by atomic mass is 10.1. The van der Waals surface area contributed by atoms with Crippen molar-refractivity contribution in [1.82, 2.24) is 15.3 Å². The van der Waals surface area contributed by atoms with Crippen molar-refractivity contribution in [3.05, 3.63) is 42.7 Å². The van der Waals surface area contributed by atoms with Gasteiger partial charge in [-0.15, -0.1) is 0 Å². The Balaban J connectivity index is 1.32. The van der Waals surface area contributed by atoms with Gasteiger partial charge in [0.25, 0.3) is 5.91 Å². The predicted octanol–water partition coefficient (Wildman–Crippen LogP) is 0.987. The topological polar surface area (TPSA) is 87.7 Å². The molecule has 1 fully saturated rings. The molecule has 0 bridgehead atoms. The molecule has 0 saturated carbocycles. The Morgan fingerprint density at radius 2 is 1.89 bits per heavy atom. The molecule has 8 heteroatoms. The number of nitrogens with one attached hydrogen (secondary N) is 1. The standard InChI is InChI=1S/C19H21N5O3/c25-17(12-24-15-4-1-2-5-16(15)27-13-18(24)26)22-14-6-10-23(11-7-14)19-20-8-3-9-21-19/h1-5,8-9,14H,6-7,10-13H2,(H,22,25). The first-order valence-corrected chi connectivity index (χ1v) is 9.04. The van der Waals surface area contributed by atoms with Crippen LogP contribution in [0.25, 0.3) is 0 Å². The number of piperidine rings is 1. The Morgan fingerprint density at radius 3 is 2.67 bits per heavy atom. The third-order valence-electron chi connectivity index (χ3n) is 4.81. The van der Waals surface area contributed by atoms with Crippen molar-refractivity contribution >= 4 is 23.5 Å². The van der Waals surface area contributed by atoms with Gasteiger partial charge in [-0.25, -0.2) is 9.97 Å². The second kappa shape index (κ2) is 7.61. The van der Waals surface area contributed by atoms with E-state index in [1.54, 1.807) is 30.6 Å². The van der Waals surface area contributed by atoms with Crippen molar-refractivity contribution in [1.29, 1.82) is 0 Å². The molecule has 2 aliphatic heterocycles. The zero-order valence-electron chi connectivity index (χ0n) is 14.9. The summed E-state index contributed by atoms with van der Waals surface area (Å²) in [6.45, 7) is 1.53. The van der Waals surface area contributed by atoms with Crippen LogP contribution < -0.4 is 19.9 Å². The Labute approximate surface area is 157 Å². The molecule has 2 aliphatic rings. The van der Waals surface area contributed by atoms with Crippen molar-refractivity contribution in [2.24, 2.45) is 0 Å². The maximum atomic E-state index is 12.5. The van der Waals surface area contributed by atoms with Crippen LogP contribution in [-0.4, -0.2) is 54.1 Å². The van der Waals surface area contributed by atoms with Crippen LogP contribution in [0.3, 0.4) is 0 Å². The maximum Gasteiger partial charge on any atom is 0.265 e. The number of hydrogen-bond donors (Lipinski definition) is 1. The number of fused-ring (bicyclic) bond motifs is 1. The molecule has 0 unspecified atom stereocenters. The highest BCUT2D eigenvalue weighted by atomic mass is 16.5. The molecule has 8 nitrogen and oxygen atoms in total. The second-order valence-corrected chi connectivity index (χ2v) is 6.61. The monoisotopic (exact) mass is 367 g/mol. The third-order valence-corrected chi connectivity index (χ3v) is 4.81. The zero-order chi connectivity index (χ0) is 18.6.